The van der Waals surface area contributed by atoms with Crippen LogP contribution in [0.4, 0.5) is 14.5 Å². The predicted molar refractivity (Wildman–Crippen MR) is 67.1 cm³/mol. The van der Waals surface area contributed by atoms with Crippen molar-refractivity contribution in [1.82, 2.24) is 4.72 Å². The minimum Gasteiger partial charge on any atom is -0.399 e. The first-order valence-electron chi connectivity index (χ1n) is 5.70. The molecule has 0 radical (unpaired) electrons. The molecule has 0 atom stereocenters. The molecule has 0 heterocycles. The highest BCUT2D eigenvalue weighted by atomic mass is 32.2. The molecule has 19 heavy (non-hydrogen) atoms. The van der Waals surface area contributed by atoms with Crippen LogP contribution >= 0.6 is 0 Å². The van der Waals surface area contributed by atoms with Gasteiger partial charge in [0.1, 0.15) is 11.6 Å². The van der Waals surface area contributed by atoms with Crippen LogP contribution < -0.4 is 10.5 Å². The smallest absolute Gasteiger partial charge is 0.246 e. The first-order chi connectivity index (χ1) is 8.88. The molecule has 0 saturated heterocycles. The minimum absolute atomic E-state index is 0.0333. The van der Waals surface area contributed by atoms with E-state index in [1.54, 1.807) is 0 Å². The van der Waals surface area contributed by atoms with Crippen molar-refractivity contribution in [2.45, 2.75) is 18.2 Å². The number of halogens is 2. The molecule has 0 unspecified atom stereocenters. The lowest BCUT2D eigenvalue weighted by Crippen LogP contribution is -2.27. The zero-order valence-corrected chi connectivity index (χ0v) is 11.3. The van der Waals surface area contributed by atoms with Gasteiger partial charge in [-0.3, -0.25) is 0 Å². The van der Waals surface area contributed by atoms with Gasteiger partial charge in [-0.2, -0.15) is 0 Å². The summed E-state index contributed by atoms with van der Waals surface area (Å²) in [7, 11) is -4.24. The molecule has 0 amide bonds. The van der Waals surface area contributed by atoms with E-state index in [1.165, 1.54) is 0 Å². The molecule has 108 valence electrons. The Bertz CT molecular complexity index is 512. The zero-order chi connectivity index (χ0) is 14.5. The van der Waals surface area contributed by atoms with Crippen molar-refractivity contribution in [2.24, 2.45) is 0 Å². The first-order valence-corrected chi connectivity index (χ1v) is 7.18. The zero-order valence-electron chi connectivity index (χ0n) is 10.4. The summed E-state index contributed by atoms with van der Waals surface area (Å²) in [4.78, 5) is -1.02. The Morgan fingerprint density at radius 2 is 1.89 bits per heavy atom. The lowest BCUT2D eigenvalue weighted by molar-refractivity contribution is 0.146. The Kier molecular flexibility index (Phi) is 5.64. The molecule has 0 aliphatic rings. The van der Waals surface area contributed by atoms with Gasteiger partial charge in [-0.05, 0) is 25.5 Å². The third-order valence-electron chi connectivity index (χ3n) is 2.25. The summed E-state index contributed by atoms with van der Waals surface area (Å²) in [5.74, 6) is -2.43. The van der Waals surface area contributed by atoms with Gasteiger partial charge in [0.2, 0.25) is 10.0 Å². The van der Waals surface area contributed by atoms with Gasteiger partial charge < -0.3 is 10.5 Å². The van der Waals surface area contributed by atoms with Crippen LogP contribution in [0.3, 0.4) is 0 Å². The molecule has 1 aromatic carbocycles. The van der Waals surface area contributed by atoms with Crippen molar-refractivity contribution in [3.8, 4) is 0 Å². The van der Waals surface area contributed by atoms with Crippen molar-refractivity contribution in [3.05, 3.63) is 23.8 Å². The maximum absolute atomic E-state index is 13.5. The van der Waals surface area contributed by atoms with Gasteiger partial charge >= 0.3 is 0 Å². The number of anilines is 1. The molecule has 0 aromatic heterocycles. The van der Waals surface area contributed by atoms with Crippen molar-refractivity contribution in [3.63, 3.8) is 0 Å². The summed E-state index contributed by atoms with van der Waals surface area (Å²) < 4.78 is 57.6. The van der Waals surface area contributed by atoms with Crippen molar-refractivity contribution < 1.29 is 21.9 Å². The van der Waals surface area contributed by atoms with Gasteiger partial charge in [-0.25, -0.2) is 21.9 Å². The SMILES string of the molecule is CCOCCCNS(=O)(=O)c1c(F)cc(N)cc1F. The van der Waals surface area contributed by atoms with Crippen LogP contribution in [0.25, 0.3) is 0 Å². The molecule has 0 aliphatic carbocycles. The average molecular weight is 294 g/mol. The fraction of sp³-hybridized carbons (Fsp3) is 0.455. The molecule has 1 aromatic rings. The lowest BCUT2D eigenvalue weighted by atomic mass is 10.3. The molecular formula is C11H16F2N2O3S. The van der Waals surface area contributed by atoms with Gasteiger partial charge in [-0.15, -0.1) is 0 Å². The highest BCUT2D eigenvalue weighted by Crippen LogP contribution is 2.21. The van der Waals surface area contributed by atoms with Crippen LogP contribution in [-0.4, -0.2) is 28.2 Å². The largest absolute Gasteiger partial charge is 0.399 e. The van der Waals surface area contributed by atoms with Gasteiger partial charge in [0.15, 0.2) is 4.90 Å². The number of ether oxygens (including phenoxy) is 1. The second kappa shape index (κ2) is 6.78. The molecule has 3 N–H and O–H groups in total. The lowest BCUT2D eigenvalue weighted by Gasteiger charge is -2.09. The molecule has 0 fully saturated rings. The van der Waals surface area contributed by atoms with E-state index in [1.807, 2.05) is 6.92 Å². The van der Waals surface area contributed by atoms with E-state index in [2.05, 4.69) is 4.72 Å². The quantitative estimate of drug-likeness (QED) is 0.586. The molecule has 5 nitrogen and oxygen atoms in total. The van der Waals surface area contributed by atoms with Gasteiger partial charge in [0.05, 0.1) is 0 Å². The molecule has 8 heteroatoms. The first kappa shape index (κ1) is 15.8. The third-order valence-corrected chi connectivity index (χ3v) is 3.76. The number of benzene rings is 1. The Balaban J connectivity index is 2.78. The summed E-state index contributed by atoms with van der Waals surface area (Å²) >= 11 is 0. The number of hydrogen-bond donors (Lipinski definition) is 2. The van der Waals surface area contributed by atoms with E-state index in [-0.39, 0.29) is 12.2 Å². The van der Waals surface area contributed by atoms with E-state index >= 15 is 0 Å². The van der Waals surface area contributed by atoms with E-state index in [9.17, 15) is 17.2 Å². The van der Waals surface area contributed by atoms with E-state index in [4.69, 9.17) is 10.5 Å². The third kappa shape index (κ3) is 4.41. The Morgan fingerprint density at radius 1 is 1.32 bits per heavy atom. The normalized spacial score (nSPS) is 11.7. The number of nitrogens with one attached hydrogen (secondary N) is 1. The Hall–Kier alpha value is -1.25. The summed E-state index contributed by atoms with van der Waals surface area (Å²) in [6.45, 7) is 2.73. The average Bonchev–Trinajstić information content (AvgIpc) is 2.26. The van der Waals surface area contributed by atoms with Crippen LogP contribution in [0.5, 0.6) is 0 Å². The number of sulfonamides is 1. The maximum atomic E-state index is 13.5. The van der Waals surface area contributed by atoms with Gasteiger partial charge in [-0.1, -0.05) is 0 Å². The second-order valence-electron chi connectivity index (χ2n) is 3.76. The highest BCUT2D eigenvalue weighted by molar-refractivity contribution is 7.89. The fourth-order valence-electron chi connectivity index (χ4n) is 1.43. The Morgan fingerprint density at radius 3 is 2.42 bits per heavy atom. The van der Waals surface area contributed by atoms with Crippen LogP contribution in [0.15, 0.2) is 17.0 Å². The minimum atomic E-state index is -4.24. The van der Waals surface area contributed by atoms with Crippen LogP contribution in [0.2, 0.25) is 0 Å². The van der Waals surface area contributed by atoms with Crippen LogP contribution in [0.1, 0.15) is 13.3 Å². The molecule has 0 bridgehead atoms. The van der Waals surface area contributed by atoms with E-state index in [0.29, 0.717) is 19.6 Å². The number of rotatable bonds is 7. The summed E-state index contributed by atoms with van der Waals surface area (Å²) in [6.07, 6.45) is 0.408. The Labute approximate surface area is 110 Å². The molecule has 0 aliphatic heterocycles. The van der Waals surface area contributed by atoms with Crippen LogP contribution in [0, 0.1) is 11.6 Å². The number of nitrogens with two attached hydrogens (primary N) is 1. The predicted octanol–water partition coefficient (Wildman–Crippen LogP) is 1.25. The monoisotopic (exact) mass is 294 g/mol. The number of nitrogen functional groups attached to an aromatic ring is 1. The van der Waals surface area contributed by atoms with Gasteiger partial charge in [0, 0.05) is 25.4 Å². The maximum Gasteiger partial charge on any atom is 0.246 e. The second-order valence-corrected chi connectivity index (χ2v) is 5.47. The van der Waals surface area contributed by atoms with Crippen molar-refractivity contribution >= 4 is 15.7 Å². The highest BCUT2D eigenvalue weighted by Gasteiger charge is 2.24. The molecule has 0 saturated carbocycles. The van der Waals surface area contributed by atoms with Crippen LogP contribution in [-0.2, 0) is 14.8 Å². The van der Waals surface area contributed by atoms with Gasteiger partial charge in [0.25, 0.3) is 0 Å². The summed E-state index contributed by atoms with van der Waals surface area (Å²) in [6, 6.07) is 1.52. The standard InChI is InChI=1S/C11H16F2N2O3S/c1-2-18-5-3-4-15-19(16,17)11-9(12)6-8(14)7-10(11)13/h6-7,15H,2-5,14H2,1H3. The molecular weight excluding hydrogens is 278 g/mol. The van der Waals surface area contributed by atoms with E-state index in [0.717, 1.165) is 12.1 Å². The summed E-state index contributed by atoms with van der Waals surface area (Å²) in [5, 5.41) is 0. The van der Waals surface area contributed by atoms with E-state index < -0.39 is 26.6 Å². The fourth-order valence-corrected chi connectivity index (χ4v) is 2.62. The molecule has 0 spiro atoms. The number of hydrogen-bond acceptors (Lipinski definition) is 4. The molecule has 1 rings (SSSR count). The van der Waals surface area contributed by atoms with Crippen molar-refractivity contribution in [1.29, 1.82) is 0 Å². The summed E-state index contributed by atoms with van der Waals surface area (Å²) in [5.41, 5.74) is 5.04. The van der Waals surface area contributed by atoms with Crippen molar-refractivity contribution in [2.75, 3.05) is 25.5 Å². The topological polar surface area (TPSA) is 81.4 Å².